The molecule has 1 rings (SSSR count). The molecule has 0 aliphatic rings. The molecule has 35 heavy (non-hydrogen) atoms. The molecule has 2 unspecified atom stereocenters. The van der Waals surface area contributed by atoms with Crippen molar-refractivity contribution in [1.29, 1.82) is 0 Å². The van der Waals surface area contributed by atoms with E-state index in [1.807, 2.05) is 0 Å². The molecule has 1 heterocycles. The van der Waals surface area contributed by atoms with Crippen molar-refractivity contribution < 1.29 is 9.59 Å². The zero-order valence-electron chi connectivity index (χ0n) is 23.7. The predicted molar refractivity (Wildman–Crippen MR) is 154 cm³/mol. The SMILES string of the molecule is CCCCCCC(=O)CCC(CCCC)c1c[se]cc1C(CCCC)CCC(=O)CCCCCC. The van der Waals surface area contributed by atoms with Crippen molar-refractivity contribution in [3.05, 3.63) is 21.0 Å². The third kappa shape index (κ3) is 14.6. The summed E-state index contributed by atoms with van der Waals surface area (Å²) in [6.45, 7) is 8.99. The summed E-state index contributed by atoms with van der Waals surface area (Å²) in [7, 11) is 0. The van der Waals surface area contributed by atoms with E-state index in [1.165, 1.54) is 77.0 Å². The van der Waals surface area contributed by atoms with Crippen molar-refractivity contribution in [2.45, 2.75) is 168 Å². The van der Waals surface area contributed by atoms with Crippen molar-refractivity contribution in [2.24, 2.45) is 0 Å². The third-order valence-corrected chi connectivity index (χ3v) is 9.21. The maximum atomic E-state index is 12.6. The Morgan fingerprint density at radius 2 is 0.943 bits per heavy atom. The number of ketones is 2. The molecular weight excluding hydrogens is 495 g/mol. The van der Waals surface area contributed by atoms with Crippen molar-refractivity contribution in [3.63, 3.8) is 0 Å². The van der Waals surface area contributed by atoms with E-state index in [9.17, 15) is 9.59 Å². The summed E-state index contributed by atoms with van der Waals surface area (Å²) >= 11 is 0.438. The van der Waals surface area contributed by atoms with E-state index in [2.05, 4.69) is 37.6 Å². The molecule has 0 saturated heterocycles. The van der Waals surface area contributed by atoms with Crippen LogP contribution in [0.1, 0.15) is 179 Å². The van der Waals surface area contributed by atoms with Crippen molar-refractivity contribution in [1.82, 2.24) is 0 Å². The molecule has 0 aromatic carbocycles. The molecule has 1 aromatic heterocycles. The van der Waals surface area contributed by atoms with Gasteiger partial charge in [-0.2, -0.15) is 0 Å². The molecule has 1 aromatic rings. The summed E-state index contributed by atoms with van der Waals surface area (Å²) in [6, 6.07) is 0. The van der Waals surface area contributed by atoms with Crippen LogP contribution in [0.15, 0.2) is 9.88 Å². The second-order valence-electron chi connectivity index (χ2n) is 10.7. The average molecular weight is 552 g/mol. The summed E-state index contributed by atoms with van der Waals surface area (Å²) in [5, 5.41) is 0. The van der Waals surface area contributed by atoms with Gasteiger partial charge < -0.3 is 0 Å². The van der Waals surface area contributed by atoms with Crippen LogP contribution in [0.3, 0.4) is 0 Å². The van der Waals surface area contributed by atoms with Crippen LogP contribution in [0.4, 0.5) is 0 Å². The number of unbranched alkanes of at least 4 members (excludes halogenated alkanes) is 8. The zero-order valence-corrected chi connectivity index (χ0v) is 25.4. The van der Waals surface area contributed by atoms with Crippen LogP contribution in [0.5, 0.6) is 0 Å². The molecule has 0 aliphatic carbocycles. The molecular formula is C32H56O2Se. The van der Waals surface area contributed by atoms with Gasteiger partial charge in [-0.1, -0.05) is 0 Å². The number of Topliss-reactive ketones (excluding diaryl/α,β-unsaturated/α-hetero) is 2. The van der Waals surface area contributed by atoms with Crippen LogP contribution in [-0.2, 0) is 9.59 Å². The molecule has 202 valence electrons. The molecule has 0 aliphatic heterocycles. The number of carbonyl (C=O) groups is 2. The van der Waals surface area contributed by atoms with Crippen LogP contribution in [0, 0.1) is 0 Å². The minimum atomic E-state index is 0.438. The standard InChI is InChI=1S/C32H56O2Se/c1-5-9-13-15-19-29(33)23-21-27(17-11-7-3)31-25-35-26-32(31)28(18-12-8-4)22-24-30(34)20-16-14-10-6-2/h25-28H,5-24H2,1-4H3. The molecule has 0 amide bonds. The van der Waals surface area contributed by atoms with Gasteiger partial charge in [0.05, 0.1) is 0 Å². The first-order chi connectivity index (χ1) is 17.1. The van der Waals surface area contributed by atoms with E-state index in [-0.39, 0.29) is 0 Å². The molecule has 2 atom stereocenters. The Morgan fingerprint density at radius 3 is 1.31 bits per heavy atom. The fraction of sp³-hybridized carbons (Fsp3) is 0.812. The zero-order chi connectivity index (χ0) is 25.7. The Balaban J connectivity index is 2.80. The van der Waals surface area contributed by atoms with Crippen molar-refractivity contribution in [3.8, 4) is 0 Å². The second kappa shape index (κ2) is 21.4. The molecule has 0 spiro atoms. The molecule has 3 heteroatoms. The summed E-state index contributed by atoms with van der Waals surface area (Å²) in [5.41, 5.74) is 3.13. The molecule has 0 fully saturated rings. The van der Waals surface area contributed by atoms with Crippen LogP contribution in [0.25, 0.3) is 0 Å². The van der Waals surface area contributed by atoms with E-state index in [1.54, 1.807) is 11.1 Å². The first-order valence-electron chi connectivity index (χ1n) is 15.2. The Kier molecular flexibility index (Phi) is 19.8. The van der Waals surface area contributed by atoms with Crippen LogP contribution in [-0.4, -0.2) is 26.1 Å². The first kappa shape index (κ1) is 32.4. The van der Waals surface area contributed by atoms with Crippen molar-refractivity contribution >= 4 is 26.1 Å². The second-order valence-corrected chi connectivity index (χ2v) is 12.3. The van der Waals surface area contributed by atoms with E-state index in [4.69, 9.17) is 0 Å². The van der Waals surface area contributed by atoms with Crippen LogP contribution in [0.2, 0.25) is 0 Å². The topological polar surface area (TPSA) is 34.1 Å². The normalized spacial score (nSPS) is 13.1. The molecule has 2 nitrogen and oxygen atoms in total. The fourth-order valence-electron chi connectivity index (χ4n) is 5.21. The van der Waals surface area contributed by atoms with Gasteiger partial charge in [-0.15, -0.1) is 0 Å². The van der Waals surface area contributed by atoms with E-state index in [0.29, 0.717) is 37.9 Å². The Hall–Kier alpha value is -0.661. The van der Waals surface area contributed by atoms with Crippen LogP contribution < -0.4 is 0 Å². The summed E-state index contributed by atoms with van der Waals surface area (Å²) < 4.78 is 0. The van der Waals surface area contributed by atoms with Gasteiger partial charge in [-0.25, -0.2) is 0 Å². The predicted octanol–water partition coefficient (Wildman–Crippen LogP) is 9.93. The third-order valence-electron chi connectivity index (χ3n) is 7.58. The molecule has 0 saturated carbocycles. The monoisotopic (exact) mass is 552 g/mol. The summed E-state index contributed by atoms with van der Waals surface area (Å²) in [4.78, 5) is 30.2. The quantitative estimate of drug-likeness (QED) is 0.0946. The Labute approximate surface area is 224 Å². The number of carbonyl (C=O) groups excluding carboxylic acids is 2. The van der Waals surface area contributed by atoms with Crippen molar-refractivity contribution in [2.75, 3.05) is 0 Å². The summed E-state index contributed by atoms with van der Waals surface area (Å²) in [5.74, 6) is 1.99. The average Bonchev–Trinajstić information content (AvgIpc) is 3.34. The van der Waals surface area contributed by atoms with Gasteiger partial charge in [0.2, 0.25) is 0 Å². The molecule has 0 bridgehead atoms. The minimum absolute atomic E-state index is 0.438. The van der Waals surface area contributed by atoms with Gasteiger partial charge in [0.15, 0.2) is 0 Å². The fourth-order valence-corrected chi connectivity index (χ4v) is 7.35. The molecule has 0 radical (unpaired) electrons. The van der Waals surface area contributed by atoms with Gasteiger partial charge in [-0.3, -0.25) is 0 Å². The maximum absolute atomic E-state index is 12.6. The van der Waals surface area contributed by atoms with E-state index < -0.39 is 0 Å². The van der Waals surface area contributed by atoms with Gasteiger partial charge in [0, 0.05) is 0 Å². The number of rotatable bonds is 24. The van der Waals surface area contributed by atoms with Gasteiger partial charge in [0.25, 0.3) is 0 Å². The summed E-state index contributed by atoms with van der Waals surface area (Å²) in [6.07, 6.45) is 21.8. The Morgan fingerprint density at radius 1 is 0.543 bits per heavy atom. The number of hydrogen-bond donors (Lipinski definition) is 0. The van der Waals surface area contributed by atoms with Gasteiger partial charge in [-0.05, 0) is 0 Å². The van der Waals surface area contributed by atoms with E-state index in [0.717, 1.165) is 51.4 Å². The Bertz CT molecular complexity index is 608. The van der Waals surface area contributed by atoms with Gasteiger partial charge >= 0.3 is 225 Å². The first-order valence-corrected chi connectivity index (χ1v) is 17.1. The number of hydrogen-bond acceptors (Lipinski definition) is 2. The van der Waals surface area contributed by atoms with E-state index >= 15 is 0 Å². The van der Waals surface area contributed by atoms with Crippen LogP contribution >= 0.6 is 0 Å². The molecule has 0 N–H and O–H groups in total. The van der Waals surface area contributed by atoms with Gasteiger partial charge in [0.1, 0.15) is 0 Å².